The maximum Gasteiger partial charge on any atom is 0.339 e. The van der Waals surface area contributed by atoms with Gasteiger partial charge in [-0.3, -0.25) is 4.68 Å². The van der Waals surface area contributed by atoms with Crippen LogP contribution >= 0.6 is 11.3 Å². The molecule has 2 heterocycles. The van der Waals surface area contributed by atoms with Gasteiger partial charge in [-0.05, 0) is 18.4 Å². The highest BCUT2D eigenvalue weighted by Gasteiger charge is 2.16. The molecule has 1 N–H and O–H groups in total. The van der Waals surface area contributed by atoms with Crippen LogP contribution in [0.25, 0.3) is 11.3 Å². The lowest BCUT2D eigenvalue weighted by atomic mass is 10.1. The van der Waals surface area contributed by atoms with Gasteiger partial charge in [-0.1, -0.05) is 0 Å². The number of aryl methyl sites for hydroxylation is 1. The first-order valence-electron chi connectivity index (χ1n) is 4.55. The summed E-state index contributed by atoms with van der Waals surface area (Å²) in [7, 11) is 0. The number of carbonyl (C=O) groups is 1. The fourth-order valence-corrected chi connectivity index (χ4v) is 1.99. The van der Waals surface area contributed by atoms with E-state index in [0.29, 0.717) is 12.2 Å². The Morgan fingerprint density at radius 3 is 3.00 bits per heavy atom. The van der Waals surface area contributed by atoms with E-state index in [9.17, 15) is 4.79 Å². The van der Waals surface area contributed by atoms with Crippen molar-refractivity contribution in [3.05, 3.63) is 28.6 Å². The summed E-state index contributed by atoms with van der Waals surface area (Å²) in [5.41, 5.74) is 1.67. The van der Waals surface area contributed by atoms with Gasteiger partial charge in [0.2, 0.25) is 0 Å². The van der Waals surface area contributed by atoms with Crippen LogP contribution in [0, 0.1) is 0 Å². The quantitative estimate of drug-likeness (QED) is 0.867. The minimum Gasteiger partial charge on any atom is -0.478 e. The fourth-order valence-electron chi connectivity index (χ4n) is 1.35. The van der Waals surface area contributed by atoms with Gasteiger partial charge in [0.1, 0.15) is 11.3 Å². The van der Waals surface area contributed by atoms with Crippen molar-refractivity contribution < 1.29 is 9.90 Å². The van der Waals surface area contributed by atoms with Crippen molar-refractivity contribution in [3.63, 3.8) is 0 Å². The number of thiophene rings is 1. The van der Waals surface area contributed by atoms with Crippen LogP contribution in [0.15, 0.2) is 23.0 Å². The van der Waals surface area contributed by atoms with Gasteiger partial charge >= 0.3 is 5.97 Å². The van der Waals surface area contributed by atoms with Crippen LogP contribution in [0.5, 0.6) is 0 Å². The maximum absolute atomic E-state index is 11.0. The van der Waals surface area contributed by atoms with Crippen LogP contribution in [0.3, 0.4) is 0 Å². The molecule has 0 fully saturated rings. The van der Waals surface area contributed by atoms with Crippen LogP contribution in [0.2, 0.25) is 0 Å². The number of carboxylic acid groups (broad SMARTS) is 1. The molecule has 2 rings (SSSR count). The molecule has 0 aliphatic heterocycles. The Labute approximate surface area is 90.8 Å². The third-order valence-electron chi connectivity index (χ3n) is 2.11. The molecular weight excluding hydrogens is 212 g/mol. The van der Waals surface area contributed by atoms with E-state index >= 15 is 0 Å². The van der Waals surface area contributed by atoms with Gasteiger partial charge in [-0.25, -0.2) is 4.79 Å². The lowest BCUT2D eigenvalue weighted by Gasteiger charge is -1.93. The number of nitrogens with zero attached hydrogens (tertiary/aromatic N) is 2. The second-order valence-corrected chi connectivity index (χ2v) is 3.84. The van der Waals surface area contributed by atoms with Gasteiger partial charge in [-0.2, -0.15) is 16.4 Å². The summed E-state index contributed by atoms with van der Waals surface area (Å²) in [6.07, 6.45) is 1.56. The molecule has 2 aromatic heterocycles. The fraction of sp³-hybridized carbons (Fsp3) is 0.200. The average Bonchev–Trinajstić information content (AvgIpc) is 2.86. The van der Waals surface area contributed by atoms with E-state index in [2.05, 4.69) is 5.10 Å². The number of rotatable bonds is 3. The van der Waals surface area contributed by atoms with Crippen molar-refractivity contribution in [3.8, 4) is 11.3 Å². The zero-order chi connectivity index (χ0) is 10.8. The summed E-state index contributed by atoms with van der Waals surface area (Å²) < 4.78 is 1.64. The Bertz CT molecular complexity index is 474. The second-order valence-electron chi connectivity index (χ2n) is 3.06. The van der Waals surface area contributed by atoms with Crippen LogP contribution < -0.4 is 0 Å². The Morgan fingerprint density at radius 1 is 1.67 bits per heavy atom. The molecule has 0 bridgehead atoms. The topological polar surface area (TPSA) is 55.1 Å². The van der Waals surface area contributed by atoms with Gasteiger partial charge in [0, 0.05) is 23.7 Å². The van der Waals surface area contributed by atoms with Gasteiger partial charge < -0.3 is 5.11 Å². The molecule has 78 valence electrons. The molecule has 0 unspecified atom stereocenters. The molecule has 0 spiro atoms. The summed E-state index contributed by atoms with van der Waals surface area (Å²) in [4.78, 5) is 11.0. The van der Waals surface area contributed by atoms with Crippen molar-refractivity contribution in [2.75, 3.05) is 0 Å². The van der Waals surface area contributed by atoms with Crippen molar-refractivity contribution in [1.29, 1.82) is 0 Å². The molecule has 0 atom stereocenters. The van der Waals surface area contributed by atoms with Gasteiger partial charge in [0.15, 0.2) is 0 Å². The van der Waals surface area contributed by atoms with E-state index < -0.39 is 5.97 Å². The van der Waals surface area contributed by atoms with Crippen molar-refractivity contribution >= 4 is 17.3 Å². The van der Waals surface area contributed by atoms with Crippen LogP contribution in [-0.2, 0) is 6.54 Å². The van der Waals surface area contributed by atoms with E-state index in [1.807, 2.05) is 23.8 Å². The molecule has 5 heteroatoms. The molecule has 4 nitrogen and oxygen atoms in total. The predicted octanol–water partition coefficient (Wildman–Crippen LogP) is 2.33. The highest BCUT2D eigenvalue weighted by atomic mass is 32.1. The summed E-state index contributed by atoms with van der Waals surface area (Å²) in [6, 6.07) is 1.87. The van der Waals surface area contributed by atoms with Crippen LogP contribution in [-0.4, -0.2) is 20.9 Å². The van der Waals surface area contributed by atoms with E-state index in [0.717, 1.165) is 5.56 Å². The third kappa shape index (κ3) is 1.78. The standard InChI is InChI=1S/C10H10N2O2S/c1-2-12-5-8(10(13)14)9(11-12)7-3-4-15-6-7/h3-6H,2H2,1H3,(H,13,14). The molecule has 2 aromatic rings. The number of carboxylic acids is 1. The molecule has 0 amide bonds. The number of aromatic nitrogens is 2. The number of hydrogen-bond acceptors (Lipinski definition) is 3. The zero-order valence-electron chi connectivity index (χ0n) is 8.17. The summed E-state index contributed by atoms with van der Waals surface area (Å²) >= 11 is 1.53. The molecule has 0 aliphatic rings. The Kier molecular flexibility index (Phi) is 2.55. The molecule has 0 radical (unpaired) electrons. The summed E-state index contributed by atoms with van der Waals surface area (Å²) in [5, 5.41) is 17.1. The SMILES string of the molecule is CCn1cc(C(=O)O)c(-c2ccsc2)n1. The van der Waals surface area contributed by atoms with Crippen molar-refractivity contribution in [1.82, 2.24) is 9.78 Å². The number of hydrogen-bond donors (Lipinski definition) is 1. The van der Waals surface area contributed by atoms with Gasteiger partial charge in [0.25, 0.3) is 0 Å². The smallest absolute Gasteiger partial charge is 0.339 e. The Hall–Kier alpha value is -1.62. The van der Waals surface area contributed by atoms with E-state index in [-0.39, 0.29) is 5.56 Å². The minimum absolute atomic E-state index is 0.259. The van der Waals surface area contributed by atoms with E-state index in [1.54, 1.807) is 10.9 Å². The van der Waals surface area contributed by atoms with Crippen molar-refractivity contribution in [2.45, 2.75) is 13.5 Å². The Morgan fingerprint density at radius 2 is 2.47 bits per heavy atom. The highest BCUT2D eigenvalue weighted by Crippen LogP contribution is 2.24. The van der Waals surface area contributed by atoms with Crippen LogP contribution in [0.1, 0.15) is 17.3 Å². The summed E-state index contributed by atoms with van der Waals surface area (Å²) in [5.74, 6) is -0.934. The first kappa shape index (κ1) is 9.92. The number of aromatic carboxylic acids is 1. The molecule has 15 heavy (non-hydrogen) atoms. The predicted molar refractivity (Wildman–Crippen MR) is 58.2 cm³/mol. The monoisotopic (exact) mass is 222 g/mol. The Balaban J connectivity index is 2.54. The zero-order valence-corrected chi connectivity index (χ0v) is 8.99. The molecule has 0 saturated heterocycles. The maximum atomic E-state index is 11.0. The summed E-state index contributed by atoms with van der Waals surface area (Å²) in [6.45, 7) is 2.60. The normalized spacial score (nSPS) is 10.5. The van der Waals surface area contributed by atoms with Crippen molar-refractivity contribution in [2.24, 2.45) is 0 Å². The molecule has 0 saturated carbocycles. The highest BCUT2D eigenvalue weighted by molar-refractivity contribution is 7.08. The first-order valence-corrected chi connectivity index (χ1v) is 5.50. The molecule has 0 aliphatic carbocycles. The van der Waals surface area contributed by atoms with E-state index in [4.69, 9.17) is 5.11 Å². The first-order chi connectivity index (χ1) is 7.22. The lowest BCUT2D eigenvalue weighted by Crippen LogP contribution is -1.96. The van der Waals surface area contributed by atoms with Crippen LogP contribution in [0.4, 0.5) is 0 Å². The lowest BCUT2D eigenvalue weighted by molar-refractivity contribution is 0.0697. The third-order valence-corrected chi connectivity index (χ3v) is 2.79. The van der Waals surface area contributed by atoms with E-state index in [1.165, 1.54) is 11.3 Å². The minimum atomic E-state index is -0.934. The average molecular weight is 222 g/mol. The molecule has 0 aromatic carbocycles. The van der Waals surface area contributed by atoms with Gasteiger partial charge in [0.05, 0.1) is 0 Å². The second kappa shape index (κ2) is 3.86. The largest absolute Gasteiger partial charge is 0.478 e. The van der Waals surface area contributed by atoms with Gasteiger partial charge in [-0.15, -0.1) is 0 Å². The molecular formula is C10H10N2O2S.